The van der Waals surface area contributed by atoms with Crippen LogP contribution in [0.3, 0.4) is 0 Å². The van der Waals surface area contributed by atoms with Gasteiger partial charge in [-0.25, -0.2) is 14.6 Å². The summed E-state index contributed by atoms with van der Waals surface area (Å²) >= 11 is 0. The third-order valence-electron chi connectivity index (χ3n) is 6.48. The average Bonchev–Trinajstić information content (AvgIpc) is 2.73. The van der Waals surface area contributed by atoms with Gasteiger partial charge in [-0.1, -0.05) is 19.3 Å². The number of amides is 1. The molecule has 3 rings (SSSR count). The Hall–Kier alpha value is -2.38. The molecule has 3 heterocycles. The van der Waals surface area contributed by atoms with Gasteiger partial charge in [0.25, 0.3) is 0 Å². The van der Waals surface area contributed by atoms with E-state index >= 15 is 0 Å². The topological polar surface area (TPSA) is 83.0 Å². The summed E-state index contributed by atoms with van der Waals surface area (Å²) in [7, 11) is 0. The fraction of sp³-hybridized carbons (Fsp3) is 0.708. The second-order valence-corrected chi connectivity index (χ2v) is 10.1. The molecule has 32 heavy (non-hydrogen) atoms. The maximum absolute atomic E-state index is 13.6. The van der Waals surface area contributed by atoms with Crippen molar-refractivity contribution >= 4 is 17.9 Å². The maximum Gasteiger partial charge on any atom is 0.410 e. The number of pyridine rings is 1. The Kier molecular flexibility index (Phi) is 7.96. The van der Waals surface area contributed by atoms with Crippen molar-refractivity contribution < 1.29 is 23.8 Å². The van der Waals surface area contributed by atoms with Gasteiger partial charge >= 0.3 is 12.1 Å². The van der Waals surface area contributed by atoms with Crippen LogP contribution in [0.2, 0.25) is 0 Å². The van der Waals surface area contributed by atoms with Crippen LogP contribution in [0.4, 0.5) is 15.0 Å². The number of rotatable bonds is 6. The van der Waals surface area contributed by atoms with Gasteiger partial charge in [0.05, 0.1) is 0 Å². The van der Waals surface area contributed by atoms with Crippen LogP contribution >= 0.6 is 0 Å². The van der Waals surface area contributed by atoms with Crippen LogP contribution in [0.25, 0.3) is 0 Å². The van der Waals surface area contributed by atoms with E-state index < -0.39 is 17.5 Å². The minimum absolute atomic E-state index is 0.0579. The molecule has 2 saturated heterocycles. The molecule has 2 fully saturated rings. The van der Waals surface area contributed by atoms with Gasteiger partial charge in [0, 0.05) is 26.2 Å². The number of aromatic nitrogens is 1. The predicted molar refractivity (Wildman–Crippen MR) is 120 cm³/mol. The van der Waals surface area contributed by atoms with E-state index in [2.05, 4.69) is 4.98 Å². The van der Waals surface area contributed by atoms with Gasteiger partial charge in [0.2, 0.25) is 5.95 Å². The van der Waals surface area contributed by atoms with E-state index in [1.54, 1.807) is 0 Å². The quantitative estimate of drug-likeness (QED) is 0.619. The van der Waals surface area contributed by atoms with Crippen molar-refractivity contribution in [2.75, 3.05) is 31.1 Å². The zero-order valence-corrected chi connectivity index (χ0v) is 19.5. The highest BCUT2D eigenvalue weighted by Crippen LogP contribution is 2.30. The predicted octanol–water partition coefficient (Wildman–Crippen LogP) is 4.95. The molecule has 0 bridgehead atoms. The first-order chi connectivity index (χ1) is 15.1. The first-order valence-electron chi connectivity index (χ1n) is 11.7. The Bertz CT molecular complexity index is 795. The Morgan fingerprint density at radius 1 is 1.06 bits per heavy atom. The van der Waals surface area contributed by atoms with Crippen molar-refractivity contribution in [3.63, 3.8) is 0 Å². The van der Waals surface area contributed by atoms with Crippen molar-refractivity contribution in [1.29, 1.82) is 0 Å². The molecule has 0 unspecified atom stereocenters. The Morgan fingerprint density at radius 2 is 1.62 bits per heavy atom. The molecule has 0 radical (unpaired) electrons. The highest BCUT2D eigenvalue weighted by Gasteiger charge is 2.28. The van der Waals surface area contributed by atoms with Gasteiger partial charge in [-0.15, -0.1) is 0 Å². The molecule has 0 aliphatic carbocycles. The number of piperidine rings is 2. The smallest absolute Gasteiger partial charge is 0.410 e. The lowest BCUT2D eigenvalue weighted by Crippen LogP contribution is -2.41. The number of carboxylic acid groups (broad SMARTS) is 1. The summed E-state index contributed by atoms with van der Waals surface area (Å²) in [6.07, 6.45) is 7.28. The molecule has 0 spiro atoms. The second kappa shape index (κ2) is 10.5. The summed E-state index contributed by atoms with van der Waals surface area (Å²) in [6, 6.07) is 2.39. The number of hydrogen-bond acceptors (Lipinski definition) is 5. The second-order valence-electron chi connectivity index (χ2n) is 10.1. The lowest BCUT2D eigenvalue weighted by atomic mass is 9.87. The van der Waals surface area contributed by atoms with Crippen molar-refractivity contribution in [2.24, 2.45) is 11.8 Å². The fourth-order valence-corrected chi connectivity index (χ4v) is 4.69. The lowest BCUT2D eigenvalue weighted by Gasteiger charge is -2.35. The van der Waals surface area contributed by atoms with Crippen LogP contribution in [0.1, 0.15) is 76.1 Å². The normalized spacial score (nSPS) is 18.6. The average molecular weight is 450 g/mol. The highest BCUT2D eigenvalue weighted by molar-refractivity contribution is 5.93. The molecule has 0 saturated carbocycles. The third kappa shape index (κ3) is 6.81. The Balaban J connectivity index is 1.37. The van der Waals surface area contributed by atoms with E-state index in [0.29, 0.717) is 24.9 Å². The maximum atomic E-state index is 13.6. The van der Waals surface area contributed by atoms with Gasteiger partial charge in [0.15, 0.2) is 0 Å². The number of aromatic carboxylic acids is 1. The SMILES string of the molecule is CC(C)(C)OC(=O)N1CCC(CCCC2CCN(c3nc(F)ccc3C(=O)O)CC2)CC1. The molecule has 2 aliphatic heterocycles. The number of hydrogen-bond donors (Lipinski definition) is 1. The first kappa shape index (κ1) is 24.3. The molecule has 178 valence electrons. The highest BCUT2D eigenvalue weighted by atomic mass is 19.1. The summed E-state index contributed by atoms with van der Waals surface area (Å²) in [5.41, 5.74) is -0.397. The van der Waals surface area contributed by atoms with E-state index in [0.717, 1.165) is 51.3 Å². The van der Waals surface area contributed by atoms with Crippen LogP contribution in [-0.4, -0.2) is 58.8 Å². The lowest BCUT2D eigenvalue weighted by molar-refractivity contribution is 0.0180. The summed E-state index contributed by atoms with van der Waals surface area (Å²) in [4.78, 5) is 31.2. The Morgan fingerprint density at radius 3 is 2.16 bits per heavy atom. The first-order valence-corrected chi connectivity index (χ1v) is 11.7. The number of anilines is 1. The van der Waals surface area contributed by atoms with E-state index in [4.69, 9.17) is 4.74 Å². The number of carbonyl (C=O) groups excluding carboxylic acids is 1. The fourth-order valence-electron chi connectivity index (χ4n) is 4.69. The van der Waals surface area contributed by atoms with Gasteiger partial charge in [-0.2, -0.15) is 4.39 Å². The van der Waals surface area contributed by atoms with Crippen LogP contribution in [0.15, 0.2) is 12.1 Å². The largest absolute Gasteiger partial charge is 0.478 e. The molecule has 2 aliphatic rings. The van der Waals surface area contributed by atoms with Crippen LogP contribution in [0.5, 0.6) is 0 Å². The summed E-state index contributed by atoms with van der Waals surface area (Å²) in [5, 5.41) is 9.36. The summed E-state index contributed by atoms with van der Waals surface area (Å²) in [6.45, 7) is 8.62. The van der Waals surface area contributed by atoms with Gasteiger partial charge in [0.1, 0.15) is 17.0 Å². The number of nitrogens with zero attached hydrogens (tertiary/aromatic N) is 3. The number of ether oxygens (including phenoxy) is 1. The van der Waals surface area contributed by atoms with E-state index in [-0.39, 0.29) is 17.5 Å². The summed E-state index contributed by atoms with van der Waals surface area (Å²) in [5.74, 6) is -0.219. The number of carbonyl (C=O) groups is 2. The molecule has 1 aromatic heterocycles. The third-order valence-corrected chi connectivity index (χ3v) is 6.48. The van der Waals surface area contributed by atoms with Crippen LogP contribution in [0, 0.1) is 17.8 Å². The minimum atomic E-state index is -1.08. The van der Waals surface area contributed by atoms with E-state index in [9.17, 15) is 19.1 Å². The zero-order valence-electron chi connectivity index (χ0n) is 19.5. The zero-order chi connectivity index (χ0) is 23.3. The van der Waals surface area contributed by atoms with Crippen molar-refractivity contribution in [1.82, 2.24) is 9.88 Å². The van der Waals surface area contributed by atoms with Gasteiger partial charge in [-0.3, -0.25) is 0 Å². The van der Waals surface area contributed by atoms with E-state index in [1.165, 1.54) is 18.9 Å². The van der Waals surface area contributed by atoms with Crippen molar-refractivity contribution in [3.05, 3.63) is 23.6 Å². The molecule has 1 aromatic rings. The molecule has 7 nitrogen and oxygen atoms in total. The van der Waals surface area contributed by atoms with E-state index in [1.807, 2.05) is 30.6 Å². The number of likely N-dealkylation sites (tertiary alicyclic amines) is 1. The number of halogens is 1. The Labute approximate surface area is 189 Å². The molecular formula is C24H36FN3O4. The van der Waals surface area contributed by atoms with Crippen LogP contribution < -0.4 is 4.90 Å². The summed E-state index contributed by atoms with van der Waals surface area (Å²) < 4.78 is 19.0. The van der Waals surface area contributed by atoms with Crippen molar-refractivity contribution in [2.45, 2.75) is 71.3 Å². The minimum Gasteiger partial charge on any atom is -0.478 e. The monoisotopic (exact) mass is 449 g/mol. The molecular weight excluding hydrogens is 413 g/mol. The van der Waals surface area contributed by atoms with Crippen LogP contribution in [-0.2, 0) is 4.74 Å². The molecule has 8 heteroatoms. The molecule has 0 atom stereocenters. The van der Waals surface area contributed by atoms with Gasteiger partial charge < -0.3 is 19.6 Å². The molecule has 0 aromatic carbocycles. The van der Waals surface area contributed by atoms with Gasteiger partial charge in [-0.05, 0) is 70.4 Å². The molecule has 1 N–H and O–H groups in total. The van der Waals surface area contributed by atoms with Crippen molar-refractivity contribution in [3.8, 4) is 0 Å². The number of carboxylic acids is 1. The standard InChI is InChI=1S/C24H36FN3O4/c1-24(2,3)32-23(31)28-15-11-18(12-16-28)6-4-5-17-9-13-27(14-10-17)21-19(22(29)30)7-8-20(25)26-21/h7-8,17-18H,4-6,9-16H2,1-3H3,(H,29,30). The molecule has 1 amide bonds.